The van der Waals surface area contributed by atoms with E-state index in [2.05, 4.69) is 10.4 Å². The molecule has 0 bridgehead atoms. The van der Waals surface area contributed by atoms with Crippen LogP contribution in [0.5, 0.6) is 11.5 Å². The van der Waals surface area contributed by atoms with Gasteiger partial charge in [-0.1, -0.05) is 0 Å². The molecule has 0 atom stereocenters. The van der Waals surface area contributed by atoms with Crippen LogP contribution in [-0.2, 0) is 17.9 Å². The van der Waals surface area contributed by atoms with Crippen LogP contribution in [0.3, 0.4) is 0 Å². The number of hydrogen-bond acceptors (Lipinski definition) is 6. The number of ether oxygens (including phenoxy) is 2. The Bertz CT molecular complexity index is 1360. The zero-order valence-electron chi connectivity index (χ0n) is 17.9. The molecule has 4 aromatic rings. The summed E-state index contributed by atoms with van der Waals surface area (Å²) in [6, 6.07) is 10.5. The van der Waals surface area contributed by atoms with Crippen molar-refractivity contribution in [2.45, 2.75) is 13.2 Å². The van der Waals surface area contributed by atoms with Gasteiger partial charge in [-0.05, 0) is 24.3 Å². The van der Waals surface area contributed by atoms with E-state index in [1.807, 2.05) is 0 Å². The zero-order valence-corrected chi connectivity index (χ0v) is 17.9. The lowest BCUT2D eigenvalue weighted by atomic mass is 10.1. The first-order valence-corrected chi connectivity index (χ1v) is 9.94. The predicted octanol–water partition coefficient (Wildman–Crippen LogP) is 2.45. The molecule has 0 aliphatic carbocycles. The van der Waals surface area contributed by atoms with Gasteiger partial charge in [0, 0.05) is 47.4 Å². The number of anilines is 1. The van der Waals surface area contributed by atoms with Crippen LogP contribution < -0.4 is 20.3 Å². The summed E-state index contributed by atoms with van der Waals surface area (Å²) >= 11 is 0. The Hall–Kier alpha value is -4.18. The van der Waals surface area contributed by atoms with Gasteiger partial charge in [-0.3, -0.25) is 9.59 Å². The van der Waals surface area contributed by atoms with Crippen molar-refractivity contribution >= 4 is 17.1 Å². The lowest BCUT2D eigenvalue weighted by Gasteiger charge is -2.11. The van der Waals surface area contributed by atoms with E-state index in [9.17, 15) is 19.1 Å². The van der Waals surface area contributed by atoms with Gasteiger partial charge >= 0.3 is 0 Å². The Morgan fingerprint density at radius 3 is 2.36 bits per heavy atom. The van der Waals surface area contributed by atoms with Crippen LogP contribution in [0, 0.1) is 5.82 Å². The highest BCUT2D eigenvalue weighted by Gasteiger charge is 2.18. The molecular formula is C23H21FN4O5. The molecular weight excluding hydrogens is 431 g/mol. The molecule has 9 nitrogen and oxygen atoms in total. The van der Waals surface area contributed by atoms with E-state index in [-0.39, 0.29) is 12.1 Å². The largest absolute Gasteiger partial charge is 0.497 e. The van der Waals surface area contributed by atoms with Gasteiger partial charge in [-0.15, -0.1) is 0 Å². The first-order valence-electron chi connectivity index (χ1n) is 9.94. The maximum atomic E-state index is 13.3. The maximum absolute atomic E-state index is 13.3. The Morgan fingerprint density at radius 1 is 1.09 bits per heavy atom. The van der Waals surface area contributed by atoms with Gasteiger partial charge in [0.1, 0.15) is 29.4 Å². The number of aliphatic hydroxyl groups is 1. The highest BCUT2D eigenvalue weighted by molar-refractivity contribution is 5.91. The number of carbonyl (C=O) groups excluding carboxylic acids is 1. The fourth-order valence-corrected chi connectivity index (χ4v) is 3.50. The Labute approximate surface area is 187 Å². The fraction of sp³-hybridized carbons (Fsp3) is 0.174. The number of fused-ring (bicyclic) bond motifs is 1. The standard InChI is InChI=1S/C23H21FN4O5/c1-32-17-9-16(10-18(11-17)33-2)25-20(30)12-27-7-8-28-22(23(27)31)19(13-29)21(26-28)14-3-5-15(24)6-4-14/h3-11,29H,12-13H2,1-2H3,(H,25,30). The fourth-order valence-electron chi connectivity index (χ4n) is 3.50. The van der Waals surface area contributed by atoms with Crippen LogP contribution in [0.2, 0.25) is 0 Å². The van der Waals surface area contributed by atoms with Crippen molar-refractivity contribution in [1.29, 1.82) is 0 Å². The summed E-state index contributed by atoms with van der Waals surface area (Å²) in [6.07, 6.45) is 2.95. The molecule has 0 spiro atoms. The molecule has 2 heterocycles. The summed E-state index contributed by atoms with van der Waals surface area (Å²) in [6.45, 7) is -0.720. The molecule has 0 unspecified atom stereocenters. The van der Waals surface area contributed by atoms with Crippen LogP contribution >= 0.6 is 0 Å². The normalized spacial score (nSPS) is 10.9. The lowest BCUT2D eigenvalue weighted by Crippen LogP contribution is -2.28. The molecule has 0 aliphatic rings. The van der Waals surface area contributed by atoms with Crippen LogP contribution in [0.1, 0.15) is 5.56 Å². The molecule has 0 saturated heterocycles. The van der Waals surface area contributed by atoms with Crippen molar-refractivity contribution in [1.82, 2.24) is 14.2 Å². The molecule has 2 N–H and O–H groups in total. The lowest BCUT2D eigenvalue weighted by molar-refractivity contribution is -0.116. The molecule has 4 rings (SSSR count). The summed E-state index contributed by atoms with van der Waals surface area (Å²) in [5.41, 5.74) is 1.29. The number of benzene rings is 2. The first kappa shape index (κ1) is 22.0. The van der Waals surface area contributed by atoms with E-state index in [0.29, 0.717) is 34.0 Å². The molecule has 170 valence electrons. The Morgan fingerprint density at radius 2 is 1.76 bits per heavy atom. The first-order chi connectivity index (χ1) is 15.9. The number of hydrogen-bond donors (Lipinski definition) is 2. The topological polar surface area (TPSA) is 107 Å². The molecule has 2 aromatic heterocycles. The average molecular weight is 452 g/mol. The van der Waals surface area contributed by atoms with Gasteiger partial charge in [0.05, 0.1) is 26.5 Å². The molecule has 33 heavy (non-hydrogen) atoms. The second-order valence-electron chi connectivity index (χ2n) is 7.17. The molecule has 0 fully saturated rings. The summed E-state index contributed by atoms with van der Waals surface area (Å²) in [5, 5.41) is 17.0. The van der Waals surface area contributed by atoms with Gasteiger partial charge in [0.15, 0.2) is 0 Å². The van der Waals surface area contributed by atoms with Crippen molar-refractivity contribution in [3.05, 3.63) is 76.6 Å². The summed E-state index contributed by atoms with van der Waals surface area (Å²) < 4.78 is 26.2. The van der Waals surface area contributed by atoms with E-state index in [1.54, 1.807) is 18.2 Å². The smallest absolute Gasteiger partial charge is 0.277 e. The molecule has 0 radical (unpaired) electrons. The molecule has 10 heteroatoms. The highest BCUT2D eigenvalue weighted by Crippen LogP contribution is 2.26. The van der Waals surface area contributed by atoms with E-state index in [1.165, 1.54) is 60.0 Å². The second kappa shape index (κ2) is 9.13. The SMILES string of the molecule is COc1cc(NC(=O)Cn2ccn3nc(-c4ccc(F)cc4)c(CO)c3c2=O)cc(OC)c1. The second-order valence-corrected chi connectivity index (χ2v) is 7.17. The maximum Gasteiger partial charge on any atom is 0.277 e. The van der Waals surface area contributed by atoms with E-state index in [4.69, 9.17) is 9.47 Å². The van der Waals surface area contributed by atoms with E-state index >= 15 is 0 Å². The minimum atomic E-state index is -0.499. The number of aromatic nitrogens is 3. The van der Waals surface area contributed by atoms with Crippen LogP contribution in [0.4, 0.5) is 10.1 Å². The van der Waals surface area contributed by atoms with Crippen LogP contribution in [0.15, 0.2) is 59.7 Å². The van der Waals surface area contributed by atoms with Crippen LogP contribution in [0.25, 0.3) is 16.8 Å². The molecule has 2 aromatic carbocycles. The minimum Gasteiger partial charge on any atom is -0.497 e. The third-order valence-electron chi connectivity index (χ3n) is 5.08. The Kier molecular flexibility index (Phi) is 6.09. The number of carbonyl (C=O) groups is 1. The number of nitrogens with zero attached hydrogens (tertiary/aromatic N) is 3. The number of nitrogens with one attached hydrogen (secondary N) is 1. The van der Waals surface area contributed by atoms with Gasteiger partial charge in [0.2, 0.25) is 5.91 Å². The minimum absolute atomic E-state index is 0.134. The van der Waals surface area contributed by atoms with Crippen LogP contribution in [-0.4, -0.2) is 39.4 Å². The number of aliphatic hydroxyl groups excluding tert-OH is 1. The zero-order chi connectivity index (χ0) is 23.5. The molecule has 1 amide bonds. The van der Waals surface area contributed by atoms with Crippen molar-refractivity contribution < 1.29 is 23.8 Å². The summed E-state index contributed by atoms with van der Waals surface area (Å²) in [7, 11) is 3.00. The van der Waals surface area contributed by atoms with E-state index in [0.717, 1.165) is 0 Å². The molecule has 0 saturated carbocycles. The number of methoxy groups -OCH3 is 2. The van der Waals surface area contributed by atoms with Crippen molar-refractivity contribution in [2.75, 3.05) is 19.5 Å². The van der Waals surface area contributed by atoms with E-state index < -0.39 is 23.9 Å². The highest BCUT2D eigenvalue weighted by atomic mass is 19.1. The van der Waals surface area contributed by atoms with Crippen molar-refractivity contribution in [3.8, 4) is 22.8 Å². The predicted molar refractivity (Wildman–Crippen MR) is 119 cm³/mol. The van der Waals surface area contributed by atoms with Gasteiger partial charge < -0.3 is 24.5 Å². The molecule has 0 aliphatic heterocycles. The Balaban J connectivity index is 1.65. The average Bonchev–Trinajstić information content (AvgIpc) is 3.20. The summed E-state index contributed by atoms with van der Waals surface area (Å²) in [4.78, 5) is 25.7. The number of amides is 1. The van der Waals surface area contributed by atoms with Crippen molar-refractivity contribution in [2.24, 2.45) is 0 Å². The van der Waals surface area contributed by atoms with Gasteiger partial charge in [-0.25, -0.2) is 8.91 Å². The monoisotopic (exact) mass is 452 g/mol. The van der Waals surface area contributed by atoms with Crippen molar-refractivity contribution in [3.63, 3.8) is 0 Å². The van der Waals surface area contributed by atoms with Gasteiger partial charge in [-0.2, -0.15) is 5.10 Å². The summed E-state index contributed by atoms with van der Waals surface area (Å²) in [5.74, 6) is 0.155. The van der Waals surface area contributed by atoms with Gasteiger partial charge in [0.25, 0.3) is 5.56 Å². The number of rotatable bonds is 7. The third kappa shape index (κ3) is 4.41. The third-order valence-corrected chi connectivity index (χ3v) is 5.08. The number of halogens is 1. The quantitative estimate of drug-likeness (QED) is 0.446.